The molecule has 0 saturated carbocycles. The van der Waals surface area contributed by atoms with Gasteiger partial charge in [-0.2, -0.15) is 4.37 Å². The van der Waals surface area contributed by atoms with E-state index in [9.17, 15) is 0 Å². The van der Waals surface area contributed by atoms with Gasteiger partial charge in [0.2, 0.25) is 0 Å². The Morgan fingerprint density at radius 3 is 2.52 bits per heavy atom. The fourth-order valence-corrected chi connectivity index (χ4v) is 4.18. The summed E-state index contributed by atoms with van der Waals surface area (Å²) in [7, 11) is 0. The van der Waals surface area contributed by atoms with Gasteiger partial charge < -0.3 is 15.1 Å². The SMILES string of the molecule is S=C(Nc1ccc(Cl)cc1)N1CCN(c2nsc3ccccc23)CC1. The first-order valence-electron chi connectivity index (χ1n) is 8.11. The zero-order valence-electron chi connectivity index (χ0n) is 13.5. The lowest BCUT2D eigenvalue weighted by Gasteiger charge is -2.36. The van der Waals surface area contributed by atoms with E-state index < -0.39 is 0 Å². The maximum Gasteiger partial charge on any atom is 0.173 e. The second-order valence-corrected chi connectivity index (χ2v) is 7.54. The van der Waals surface area contributed by atoms with E-state index in [0.29, 0.717) is 0 Å². The molecule has 3 aromatic rings. The first kappa shape index (κ1) is 16.6. The molecule has 2 heterocycles. The summed E-state index contributed by atoms with van der Waals surface area (Å²) >= 11 is 13.0. The zero-order valence-corrected chi connectivity index (χ0v) is 15.9. The molecule has 25 heavy (non-hydrogen) atoms. The molecule has 1 N–H and O–H groups in total. The number of thiocarbonyl (C=S) groups is 1. The van der Waals surface area contributed by atoms with E-state index in [1.807, 2.05) is 24.3 Å². The fraction of sp³-hybridized carbons (Fsp3) is 0.222. The molecule has 4 nitrogen and oxygen atoms in total. The molecule has 128 valence electrons. The van der Waals surface area contributed by atoms with Crippen LogP contribution < -0.4 is 10.2 Å². The van der Waals surface area contributed by atoms with Crippen molar-refractivity contribution in [3.05, 3.63) is 53.6 Å². The van der Waals surface area contributed by atoms with Gasteiger partial charge >= 0.3 is 0 Å². The number of halogens is 1. The van der Waals surface area contributed by atoms with Crippen molar-refractivity contribution in [2.45, 2.75) is 0 Å². The number of rotatable bonds is 2. The van der Waals surface area contributed by atoms with E-state index in [0.717, 1.165) is 47.8 Å². The number of piperazine rings is 1. The molecule has 0 spiro atoms. The van der Waals surface area contributed by atoms with Crippen LogP contribution in [0, 0.1) is 0 Å². The predicted molar refractivity (Wildman–Crippen MR) is 111 cm³/mol. The molecule has 1 aliphatic heterocycles. The Balaban J connectivity index is 1.39. The van der Waals surface area contributed by atoms with E-state index in [1.165, 1.54) is 10.1 Å². The van der Waals surface area contributed by atoms with Crippen LogP contribution in [-0.4, -0.2) is 40.6 Å². The van der Waals surface area contributed by atoms with Gasteiger partial charge in [0.1, 0.15) is 5.82 Å². The van der Waals surface area contributed by atoms with Gasteiger partial charge in [-0.25, -0.2) is 0 Å². The van der Waals surface area contributed by atoms with Crippen LogP contribution in [0.3, 0.4) is 0 Å². The molecular formula is C18H17ClN4S2. The number of nitrogens with one attached hydrogen (secondary N) is 1. The Labute approximate surface area is 161 Å². The highest BCUT2D eigenvalue weighted by Crippen LogP contribution is 2.29. The first-order valence-corrected chi connectivity index (χ1v) is 9.67. The summed E-state index contributed by atoms with van der Waals surface area (Å²) < 4.78 is 5.89. The average Bonchev–Trinajstić information content (AvgIpc) is 3.08. The highest BCUT2D eigenvalue weighted by molar-refractivity contribution is 7.80. The summed E-state index contributed by atoms with van der Waals surface area (Å²) in [6.07, 6.45) is 0. The standard InChI is InChI=1S/C18H17ClN4S2/c19-13-5-7-14(8-6-13)20-18(24)23-11-9-22(10-12-23)17-15-3-1-2-4-16(15)25-21-17/h1-8H,9-12H2,(H,20,24). The van der Waals surface area contributed by atoms with Crippen LogP contribution in [0.25, 0.3) is 10.1 Å². The van der Waals surface area contributed by atoms with Gasteiger partial charge in [0, 0.05) is 42.3 Å². The predicted octanol–water partition coefficient (Wildman–Crippen LogP) is 4.47. The zero-order chi connectivity index (χ0) is 17.2. The number of hydrogen-bond acceptors (Lipinski definition) is 4. The lowest BCUT2D eigenvalue weighted by molar-refractivity contribution is 0.390. The monoisotopic (exact) mass is 388 g/mol. The third kappa shape index (κ3) is 3.56. The number of nitrogens with zero attached hydrogens (tertiary/aromatic N) is 3. The van der Waals surface area contributed by atoms with E-state index in [4.69, 9.17) is 23.8 Å². The third-order valence-corrected chi connectivity index (χ3v) is 5.75. The average molecular weight is 389 g/mol. The van der Waals surface area contributed by atoms with E-state index >= 15 is 0 Å². The van der Waals surface area contributed by atoms with Crippen LogP contribution in [0.2, 0.25) is 5.02 Å². The Morgan fingerprint density at radius 1 is 1.04 bits per heavy atom. The lowest BCUT2D eigenvalue weighted by Crippen LogP contribution is -2.50. The van der Waals surface area contributed by atoms with Crippen molar-refractivity contribution in [1.29, 1.82) is 0 Å². The molecular weight excluding hydrogens is 372 g/mol. The third-order valence-electron chi connectivity index (χ3n) is 4.32. The molecule has 2 aromatic carbocycles. The Morgan fingerprint density at radius 2 is 1.76 bits per heavy atom. The molecule has 1 fully saturated rings. The van der Waals surface area contributed by atoms with Crippen LogP contribution in [-0.2, 0) is 0 Å². The number of fused-ring (bicyclic) bond motifs is 1. The second-order valence-electron chi connectivity index (χ2n) is 5.91. The van der Waals surface area contributed by atoms with E-state index in [1.54, 1.807) is 11.5 Å². The maximum atomic E-state index is 5.92. The highest BCUT2D eigenvalue weighted by Gasteiger charge is 2.22. The Bertz CT molecular complexity index is 885. The normalized spacial score (nSPS) is 14.8. The van der Waals surface area contributed by atoms with Crippen LogP contribution in [0.15, 0.2) is 48.5 Å². The van der Waals surface area contributed by atoms with Crippen molar-refractivity contribution < 1.29 is 0 Å². The van der Waals surface area contributed by atoms with Gasteiger partial charge in [-0.15, -0.1) is 0 Å². The summed E-state index contributed by atoms with van der Waals surface area (Å²) in [5.74, 6) is 1.09. The molecule has 1 saturated heterocycles. The lowest BCUT2D eigenvalue weighted by atomic mass is 10.2. The molecule has 0 radical (unpaired) electrons. The van der Waals surface area contributed by atoms with E-state index in [2.05, 4.69) is 43.8 Å². The topological polar surface area (TPSA) is 31.4 Å². The van der Waals surface area contributed by atoms with Crippen LogP contribution in [0.4, 0.5) is 11.5 Å². The van der Waals surface area contributed by atoms with Crippen molar-refractivity contribution in [3.63, 3.8) is 0 Å². The fourth-order valence-electron chi connectivity index (χ4n) is 2.96. The van der Waals surface area contributed by atoms with Crippen molar-refractivity contribution in [2.24, 2.45) is 0 Å². The molecule has 0 aliphatic carbocycles. The van der Waals surface area contributed by atoms with Crippen molar-refractivity contribution >= 4 is 62.1 Å². The van der Waals surface area contributed by atoms with Gasteiger partial charge in [0.05, 0.1) is 4.70 Å². The molecule has 0 bridgehead atoms. The molecule has 4 rings (SSSR count). The van der Waals surface area contributed by atoms with Crippen molar-refractivity contribution in [3.8, 4) is 0 Å². The number of benzene rings is 2. The molecule has 0 atom stereocenters. The van der Waals surface area contributed by atoms with Gasteiger partial charge in [0.25, 0.3) is 0 Å². The number of anilines is 2. The molecule has 0 amide bonds. The highest BCUT2D eigenvalue weighted by atomic mass is 35.5. The van der Waals surface area contributed by atoms with Gasteiger partial charge in [-0.05, 0) is 60.1 Å². The molecule has 1 aromatic heterocycles. The molecule has 7 heteroatoms. The van der Waals surface area contributed by atoms with Crippen molar-refractivity contribution in [1.82, 2.24) is 9.27 Å². The van der Waals surface area contributed by atoms with Gasteiger partial charge in [-0.1, -0.05) is 23.7 Å². The smallest absolute Gasteiger partial charge is 0.173 e. The van der Waals surface area contributed by atoms with Crippen LogP contribution in [0.5, 0.6) is 0 Å². The van der Waals surface area contributed by atoms with Crippen molar-refractivity contribution in [2.75, 3.05) is 36.4 Å². The Hall–Kier alpha value is -1.89. The first-order chi connectivity index (χ1) is 12.2. The minimum Gasteiger partial charge on any atom is -0.352 e. The summed E-state index contributed by atoms with van der Waals surface area (Å²) in [6.45, 7) is 3.59. The largest absolute Gasteiger partial charge is 0.352 e. The minimum absolute atomic E-state index is 0.723. The molecule has 0 unspecified atom stereocenters. The van der Waals surface area contributed by atoms with Gasteiger partial charge in [-0.3, -0.25) is 0 Å². The van der Waals surface area contributed by atoms with Crippen LogP contribution >= 0.6 is 35.4 Å². The maximum absolute atomic E-state index is 5.92. The quantitative estimate of drug-likeness (QED) is 0.654. The minimum atomic E-state index is 0.723. The summed E-state index contributed by atoms with van der Waals surface area (Å²) in [6, 6.07) is 16.0. The van der Waals surface area contributed by atoms with Crippen LogP contribution in [0.1, 0.15) is 0 Å². The summed E-state index contributed by atoms with van der Waals surface area (Å²) in [4.78, 5) is 4.55. The number of aromatic nitrogens is 1. The number of hydrogen-bond donors (Lipinski definition) is 1. The van der Waals surface area contributed by atoms with E-state index in [-0.39, 0.29) is 0 Å². The Kier molecular flexibility index (Phi) is 4.74. The second kappa shape index (κ2) is 7.15. The van der Waals surface area contributed by atoms with Gasteiger partial charge in [0.15, 0.2) is 5.11 Å². The summed E-state index contributed by atoms with van der Waals surface area (Å²) in [5, 5.41) is 6.00. The summed E-state index contributed by atoms with van der Waals surface area (Å²) in [5.41, 5.74) is 0.960. The molecule has 1 aliphatic rings.